The summed E-state index contributed by atoms with van der Waals surface area (Å²) in [6.07, 6.45) is 0.575. The van der Waals surface area contributed by atoms with Crippen molar-refractivity contribution in [1.29, 1.82) is 0 Å². The van der Waals surface area contributed by atoms with Crippen molar-refractivity contribution in [1.82, 2.24) is 19.5 Å². The standard InChI is InChI=1S/C19H20ClN5O6S/c1-32(26,27)30-9-19-8-29-13(14(19)28-7-11-5-3-2-4-6-11)17(31-19)25-10-22-12-15(20)23-18(21)24-16(12)25/h2-6,10,13-14,17H,7-9H2,1H3,(H2,21,23,24)/t13-,14+,17+,19-/m0/s1. The first-order valence-corrected chi connectivity index (χ1v) is 11.9. The molecule has 0 aliphatic carbocycles. The second-order valence-corrected chi connectivity index (χ2v) is 9.73. The highest BCUT2D eigenvalue weighted by Gasteiger charge is 2.63. The van der Waals surface area contributed by atoms with E-state index in [1.54, 1.807) is 4.57 Å². The third kappa shape index (κ3) is 3.83. The molecule has 13 heteroatoms. The summed E-state index contributed by atoms with van der Waals surface area (Å²) in [6.45, 7) is 0.129. The number of hydrogen-bond donors (Lipinski definition) is 1. The Bertz CT molecular complexity index is 1260. The second-order valence-electron chi connectivity index (χ2n) is 7.73. The van der Waals surface area contributed by atoms with Crippen LogP contribution in [0.25, 0.3) is 11.2 Å². The lowest BCUT2D eigenvalue weighted by Crippen LogP contribution is -2.46. The van der Waals surface area contributed by atoms with Crippen molar-refractivity contribution in [2.75, 3.05) is 25.2 Å². The van der Waals surface area contributed by atoms with Crippen LogP contribution >= 0.6 is 11.6 Å². The van der Waals surface area contributed by atoms with E-state index in [0.717, 1.165) is 11.8 Å². The Labute approximate surface area is 188 Å². The minimum absolute atomic E-state index is 0.0136. The van der Waals surface area contributed by atoms with Crippen molar-refractivity contribution in [2.24, 2.45) is 0 Å². The molecule has 0 amide bonds. The van der Waals surface area contributed by atoms with Crippen LogP contribution < -0.4 is 5.73 Å². The molecule has 2 saturated heterocycles. The summed E-state index contributed by atoms with van der Waals surface area (Å²) in [5.41, 5.74) is 6.29. The molecular formula is C19H20ClN5O6S. The van der Waals surface area contributed by atoms with Crippen LogP contribution in [0.4, 0.5) is 5.95 Å². The van der Waals surface area contributed by atoms with Gasteiger partial charge in [0.1, 0.15) is 29.9 Å². The average Bonchev–Trinajstić information content (AvgIpc) is 3.41. The van der Waals surface area contributed by atoms with Crippen LogP contribution in [-0.2, 0) is 35.1 Å². The molecule has 2 aromatic heterocycles. The normalized spacial score (nSPS) is 27.4. The van der Waals surface area contributed by atoms with E-state index < -0.39 is 34.2 Å². The SMILES string of the molecule is CS(=O)(=O)OC[C@]12CO[C@H]([C@H](n3cnc4c(Cl)nc(N)nc43)O1)[C@H]2OCc1ccccc1. The molecule has 0 radical (unpaired) electrons. The third-order valence-corrected chi connectivity index (χ3v) is 6.24. The Kier molecular flexibility index (Phi) is 5.31. The zero-order valence-electron chi connectivity index (χ0n) is 16.9. The average molecular weight is 482 g/mol. The Morgan fingerprint density at radius 2 is 2.09 bits per heavy atom. The van der Waals surface area contributed by atoms with E-state index in [2.05, 4.69) is 15.0 Å². The van der Waals surface area contributed by atoms with Crippen molar-refractivity contribution in [2.45, 2.75) is 30.6 Å². The highest BCUT2D eigenvalue weighted by atomic mass is 35.5. The first-order valence-electron chi connectivity index (χ1n) is 9.71. The third-order valence-electron chi connectivity index (χ3n) is 5.43. The van der Waals surface area contributed by atoms with Crippen LogP contribution in [0.3, 0.4) is 0 Å². The first-order chi connectivity index (χ1) is 15.3. The van der Waals surface area contributed by atoms with Gasteiger partial charge in [-0.25, -0.2) is 4.98 Å². The fourth-order valence-corrected chi connectivity index (χ4v) is 4.65. The molecule has 3 aromatic rings. The number of benzene rings is 1. The predicted molar refractivity (Wildman–Crippen MR) is 113 cm³/mol. The van der Waals surface area contributed by atoms with Crippen LogP contribution in [0.15, 0.2) is 36.7 Å². The summed E-state index contributed by atoms with van der Waals surface area (Å²) in [6, 6.07) is 9.59. The molecule has 170 valence electrons. The van der Waals surface area contributed by atoms with E-state index in [1.807, 2.05) is 30.3 Å². The van der Waals surface area contributed by atoms with Crippen molar-refractivity contribution in [3.63, 3.8) is 0 Å². The van der Waals surface area contributed by atoms with Crippen LogP contribution in [-0.4, -0.2) is 65.2 Å². The van der Waals surface area contributed by atoms with Gasteiger partial charge in [0.2, 0.25) is 5.95 Å². The Balaban J connectivity index is 1.48. The molecule has 5 rings (SSSR count). The number of ether oxygens (including phenoxy) is 3. The molecule has 4 atom stereocenters. The topological polar surface area (TPSA) is 141 Å². The lowest BCUT2D eigenvalue weighted by molar-refractivity contribution is -0.183. The summed E-state index contributed by atoms with van der Waals surface area (Å²) in [7, 11) is -3.71. The number of hydrogen-bond acceptors (Lipinski definition) is 10. The van der Waals surface area contributed by atoms with Crippen LogP contribution in [0.1, 0.15) is 11.8 Å². The molecule has 2 fully saturated rings. The van der Waals surface area contributed by atoms with Gasteiger partial charge < -0.3 is 19.9 Å². The van der Waals surface area contributed by atoms with E-state index in [-0.39, 0.29) is 30.9 Å². The number of anilines is 1. The van der Waals surface area contributed by atoms with Gasteiger partial charge in [0.15, 0.2) is 17.0 Å². The van der Waals surface area contributed by atoms with Gasteiger partial charge in [0, 0.05) is 0 Å². The van der Waals surface area contributed by atoms with Crippen LogP contribution in [0.2, 0.25) is 5.15 Å². The molecule has 2 aliphatic rings. The number of nitrogens with zero attached hydrogens (tertiary/aromatic N) is 4. The first kappa shape index (κ1) is 21.5. The molecule has 1 aromatic carbocycles. The Morgan fingerprint density at radius 3 is 2.84 bits per heavy atom. The maximum absolute atomic E-state index is 11.7. The van der Waals surface area contributed by atoms with E-state index >= 15 is 0 Å². The quantitative estimate of drug-likeness (QED) is 0.387. The van der Waals surface area contributed by atoms with Crippen molar-refractivity contribution >= 4 is 38.8 Å². The molecule has 0 unspecified atom stereocenters. The summed E-state index contributed by atoms with van der Waals surface area (Å²) in [5, 5.41) is 0.113. The lowest BCUT2D eigenvalue weighted by Gasteiger charge is -2.31. The fraction of sp³-hybridized carbons (Fsp3) is 0.421. The van der Waals surface area contributed by atoms with Gasteiger partial charge in [0.05, 0.1) is 25.8 Å². The number of aromatic nitrogens is 4. The van der Waals surface area contributed by atoms with E-state index in [4.69, 9.17) is 35.7 Å². The molecular weight excluding hydrogens is 462 g/mol. The van der Waals surface area contributed by atoms with Crippen molar-refractivity contribution in [3.8, 4) is 0 Å². The van der Waals surface area contributed by atoms with Gasteiger partial charge in [-0.05, 0) is 5.56 Å². The van der Waals surface area contributed by atoms with Crippen LogP contribution in [0.5, 0.6) is 0 Å². The van der Waals surface area contributed by atoms with Crippen molar-refractivity contribution < 1.29 is 26.8 Å². The Morgan fingerprint density at radius 1 is 1.31 bits per heavy atom. The van der Waals surface area contributed by atoms with E-state index in [9.17, 15) is 8.42 Å². The minimum Gasteiger partial charge on any atom is -0.368 e. The fourth-order valence-electron chi connectivity index (χ4n) is 4.02. The van der Waals surface area contributed by atoms with E-state index in [0.29, 0.717) is 11.2 Å². The largest absolute Gasteiger partial charge is 0.368 e. The second kappa shape index (κ2) is 7.90. The molecule has 2 bridgehead atoms. The number of nitrogen functional groups attached to an aromatic ring is 1. The summed E-state index contributed by atoms with van der Waals surface area (Å²) in [5.74, 6) is -0.0136. The van der Waals surface area contributed by atoms with Crippen LogP contribution in [0, 0.1) is 0 Å². The number of nitrogens with two attached hydrogens (primary N) is 1. The number of fused-ring (bicyclic) bond motifs is 3. The summed E-state index contributed by atoms with van der Waals surface area (Å²) in [4.78, 5) is 12.4. The molecule has 0 saturated carbocycles. The highest BCUT2D eigenvalue weighted by Crippen LogP contribution is 2.48. The Hall–Kier alpha value is -2.35. The molecule has 32 heavy (non-hydrogen) atoms. The zero-order valence-corrected chi connectivity index (χ0v) is 18.5. The number of halogens is 1. The van der Waals surface area contributed by atoms with E-state index in [1.165, 1.54) is 6.33 Å². The van der Waals surface area contributed by atoms with Gasteiger partial charge in [0.25, 0.3) is 10.1 Å². The smallest absolute Gasteiger partial charge is 0.264 e. The summed E-state index contributed by atoms with van der Waals surface area (Å²) < 4.78 is 48.6. The van der Waals surface area contributed by atoms with Gasteiger partial charge in [-0.15, -0.1) is 0 Å². The molecule has 2 N–H and O–H groups in total. The monoisotopic (exact) mass is 481 g/mol. The predicted octanol–water partition coefficient (Wildman–Crippen LogP) is 1.29. The maximum Gasteiger partial charge on any atom is 0.264 e. The van der Waals surface area contributed by atoms with Gasteiger partial charge in [-0.2, -0.15) is 18.4 Å². The zero-order chi connectivity index (χ0) is 22.5. The van der Waals surface area contributed by atoms with Gasteiger partial charge in [-0.3, -0.25) is 8.75 Å². The highest BCUT2D eigenvalue weighted by molar-refractivity contribution is 7.85. The number of rotatable bonds is 7. The minimum atomic E-state index is -3.71. The molecule has 2 aliphatic heterocycles. The lowest BCUT2D eigenvalue weighted by atomic mass is 10.00. The molecule has 0 spiro atoms. The van der Waals surface area contributed by atoms with Gasteiger partial charge in [-0.1, -0.05) is 41.9 Å². The van der Waals surface area contributed by atoms with Gasteiger partial charge >= 0.3 is 0 Å². The summed E-state index contributed by atoms with van der Waals surface area (Å²) >= 11 is 6.14. The molecule has 11 nitrogen and oxygen atoms in total. The maximum atomic E-state index is 11.7. The number of imidazole rings is 1. The van der Waals surface area contributed by atoms with Crippen molar-refractivity contribution in [3.05, 3.63) is 47.4 Å². The molecule has 4 heterocycles.